The van der Waals surface area contributed by atoms with E-state index in [1.54, 1.807) is 0 Å². The Morgan fingerprint density at radius 3 is 2.00 bits per heavy atom. The van der Waals surface area contributed by atoms with E-state index in [1.807, 2.05) is 27.7 Å². The Morgan fingerprint density at radius 2 is 1.62 bits per heavy atom. The van der Waals surface area contributed by atoms with Gasteiger partial charge in [0.05, 0.1) is 17.7 Å². The summed E-state index contributed by atoms with van der Waals surface area (Å²) < 4.78 is 11.2. The van der Waals surface area contributed by atoms with Crippen LogP contribution in [-0.4, -0.2) is 24.9 Å². The van der Waals surface area contributed by atoms with E-state index >= 15 is 0 Å². The van der Waals surface area contributed by atoms with E-state index in [4.69, 9.17) is 15.0 Å². The third-order valence-corrected chi connectivity index (χ3v) is 2.58. The van der Waals surface area contributed by atoms with E-state index in [-0.39, 0.29) is 11.2 Å². The van der Waals surface area contributed by atoms with Crippen molar-refractivity contribution in [2.45, 2.75) is 38.9 Å². The topological polar surface area (TPSA) is 44.5 Å². The first-order chi connectivity index (χ1) is 5.89. The van der Waals surface area contributed by atoms with Crippen LogP contribution in [0.3, 0.4) is 0 Å². The molecule has 0 aromatic heterocycles. The smallest absolute Gasteiger partial charge is 0.392 e. The van der Waals surface area contributed by atoms with E-state index < -0.39 is 7.12 Å². The van der Waals surface area contributed by atoms with Gasteiger partial charge < -0.3 is 15.0 Å². The Hall–Kier alpha value is -0.495. The van der Waals surface area contributed by atoms with Gasteiger partial charge in [0.25, 0.3) is 0 Å². The maximum Gasteiger partial charge on any atom is 0.551 e. The van der Waals surface area contributed by atoms with Crippen molar-refractivity contribution in [1.82, 2.24) is 0 Å². The van der Waals surface area contributed by atoms with E-state index in [0.29, 0.717) is 6.54 Å². The minimum atomic E-state index is -0.437. The monoisotopic (exact) mass is 181 g/mol. The molecule has 1 heterocycles. The molecule has 4 heteroatoms. The fraction of sp³-hybridized carbons (Fsp3) is 0.778. The lowest BCUT2D eigenvalue weighted by Gasteiger charge is -2.32. The summed E-state index contributed by atoms with van der Waals surface area (Å²) in [6, 6.07) is 0. The van der Waals surface area contributed by atoms with Crippen LogP contribution in [-0.2, 0) is 9.31 Å². The molecule has 0 saturated carbocycles. The van der Waals surface area contributed by atoms with Crippen LogP contribution >= 0.6 is 0 Å². The predicted octanol–water partition coefficient (Wildman–Crippen LogP) is 0.580. The zero-order chi connectivity index (χ0) is 10.1. The number of hydrogen-bond acceptors (Lipinski definition) is 3. The predicted molar refractivity (Wildman–Crippen MR) is 52.9 cm³/mol. The fourth-order valence-corrected chi connectivity index (χ4v) is 1.04. The summed E-state index contributed by atoms with van der Waals surface area (Å²) in [6.07, 6.45) is 0. The van der Waals surface area contributed by atoms with Gasteiger partial charge in [-0.3, -0.25) is 0 Å². The molecule has 0 aliphatic carbocycles. The van der Waals surface area contributed by atoms with Gasteiger partial charge in [-0.2, -0.15) is 0 Å². The first-order valence-electron chi connectivity index (χ1n) is 4.43. The standard InChI is InChI=1S/C9H16BNO2/c1-8(2)9(3,4)13-10(12-8)6-5-7-11/h7,11H2,1-4H3. The number of hydrogen-bond donors (Lipinski definition) is 1. The van der Waals surface area contributed by atoms with Crippen LogP contribution in [0.5, 0.6) is 0 Å². The van der Waals surface area contributed by atoms with Gasteiger partial charge in [-0.25, -0.2) is 0 Å². The SMILES string of the molecule is CC1(C)OB(C#CCN)OC1(C)C. The summed E-state index contributed by atoms with van der Waals surface area (Å²) in [7, 11) is -0.437. The zero-order valence-corrected chi connectivity index (χ0v) is 8.68. The minimum Gasteiger partial charge on any atom is -0.392 e. The van der Waals surface area contributed by atoms with E-state index in [1.165, 1.54) is 0 Å². The molecule has 1 fully saturated rings. The fourth-order valence-electron chi connectivity index (χ4n) is 1.04. The normalized spacial score (nSPS) is 23.9. The molecule has 0 spiro atoms. The molecule has 3 nitrogen and oxygen atoms in total. The quantitative estimate of drug-likeness (QED) is 0.439. The summed E-state index contributed by atoms with van der Waals surface area (Å²) in [5.74, 6) is 5.57. The Kier molecular flexibility index (Phi) is 2.72. The minimum absolute atomic E-state index is 0.305. The Bertz CT molecular complexity index is 236. The Morgan fingerprint density at radius 1 is 1.15 bits per heavy atom. The lowest BCUT2D eigenvalue weighted by atomic mass is 9.90. The molecule has 1 saturated heterocycles. The third kappa shape index (κ3) is 2.05. The van der Waals surface area contributed by atoms with E-state index in [0.717, 1.165) is 0 Å². The highest BCUT2D eigenvalue weighted by molar-refractivity contribution is 6.55. The average Bonchev–Trinajstić information content (AvgIpc) is 2.17. The maximum atomic E-state index is 5.61. The van der Waals surface area contributed by atoms with E-state index in [2.05, 4.69) is 11.7 Å². The number of nitrogens with two attached hydrogens (primary N) is 1. The maximum absolute atomic E-state index is 5.61. The molecule has 2 N–H and O–H groups in total. The summed E-state index contributed by atoms with van der Waals surface area (Å²) in [4.78, 5) is 0. The van der Waals surface area contributed by atoms with Crippen molar-refractivity contribution in [2.24, 2.45) is 5.73 Å². The highest BCUT2D eigenvalue weighted by atomic mass is 16.7. The second kappa shape index (κ2) is 3.34. The lowest BCUT2D eigenvalue weighted by molar-refractivity contribution is 0.00578. The third-order valence-electron chi connectivity index (χ3n) is 2.58. The summed E-state index contributed by atoms with van der Waals surface area (Å²) in [5.41, 5.74) is 4.65. The molecule has 13 heavy (non-hydrogen) atoms. The largest absolute Gasteiger partial charge is 0.551 e. The van der Waals surface area contributed by atoms with Crippen LogP contribution in [0, 0.1) is 11.7 Å². The van der Waals surface area contributed by atoms with Crippen molar-refractivity contribution >= 4 is 7.12 Å². The van der Waals surface area contributed by atoms with Crippen molar-refractivity contribution in [2.75, 3.05) is 6.54 Å². The first kappa shape index (κ1) is 10.6. The van der Waals surface area contributed by atoms with Gasteiger partial charge in [0, 0.05) is 0 Å². The van der Waals surface area contributed by atoms with Gasteiger partial charge >= 0.3 is 7.12 Å². The van der Waals surface area contributed by atoms with Crippen LogP contribution in [0.2, 0.25) is 0 Å². The van der Waals surface area contributed by atoms with Crippen LogP contribution in [0.15, 0.2) is 0 Å². The van der Waals surface area contributed by atoms with Crippen LogP contribution in [0.25, 0.3) is 0 Å². The Balaban J connectivity index is 2.71. The second-order valence-corrected chi connectivity index (χ2v) is 4.11. The summed E-state index contributed by atoms with van der Waals surface area (Å²) >= 11 is 0. The first-order valence-corrected chi connectivity index (χ1v) is 4.43. The lowest BCUT2D eigenvalue weighted by Crippen LogP contribution is -2.41. The molecular formula is C9H16BNO2. The molecule has 72 valence electrons. The van der Waals surface area contributed by atoms with Gasteiger partial charge in [0.15, 0.2) is 0 Å². The van der Waals surface area contributed by atoms with Crippen molar-refractivity contribution < 1.29 is 9.31 Å². The van der Waals surface area contributed by atoms with Gasteiger partial charge in [-0.05, 0) is 27.7 Å². The average molecular weight is 181 g/mol. The highest BCUT2D eigenvalue weighted by Gasteiger charge is 2.50. The molecule has 0 radical (unpaired) electrons. The van der Waals surface area contributed by atoms with Crippen LogP contribution in [0.1, 0.15) is 27.7 Å². The van der Waals surface area contributed by atoms with E-state index in [9.17, 15) is 0 Å². The molecule has 0 unspecified atom stereocenters. The summed E-state index contributed by atoms with van der Waals surface area (Å²) in [6.45, 7) is 8.33. The number of rotatable bonds is 0. The van der Waals surface area contributed by atoms with Gasteiger partial charge in [-0.1, -0.05) is 11.7 Å². The van der Waals surface area contributed by atoms with Gasteiger partial charge in [0.1, 0.15) is 0 Å². The van der Waals surface area contributed by atoms with Crippen molar-refractivity contribution in [3.63, 3.8) is 0 Å². The van der Waals surface area contributed by atoms with Crippen LogP contribution < -0.4 is 5.73 Å². The molecule has 0 aromatic carbocycles. The highest BCUT2D eigenvalue weighted by Crippen LogP contribution is 2.36. The molecular weight excluding hydrogens is 165 g/mol. The molecule has 1 aliphatic heterocycles. The summed E-state index contributed by atoms with van der Waals surface area (Å²) in [5, 5.41) is 0. The second-order valence-electron chi connectivity index (χ2n) is 4.11. The molecule has 0 aromatic rings. The van der Waals surface area contributed by atoms with Crippen molar-refractivity contribution in [1.29, 1.82) is 0 Å². The van der Waals surface area contributed by atoms with Crippen molar-refractivity contribution in [3.8, 4) is 11.7 Å². The molecule has 0 atom stereocenters. The van der Waals surface area contributed by atoms with Crippen LogP contribution in [0.4, 0.5) is 0 Å². The zero-order valence-electron chi connectivity index (χ0n) is 8.68. The van der Waals surface area contributed by atoms with Gasteiger partial charge in [-0.15, -0.1) is 0 Å². The Labute approximate surface area is 80.1 Å². The molecule has 1 aliphatic rings. The molecule has 0 amide bonds. The molecule has 0 bridgehead atoms. The van der Waals surface area contributed by atoms with Gasteiger partial charge in [0.2, 0.25) is 0 Å². The van der Waals surface area contributed by atoms with Crippen molar-refractivity contribution in [3.05, 3.63) is 0 Å². The molecule has 1 rings (SSSR count).